The highest BCUT2D eigenvalue weighted by atomic mass is 19.1. The number of rotatable bonds is 1. The van der Waals surface area contributed by atoms with E-state index in [1.807, 2.05) is 6.07 Å². The third kappa shape index (κ3) is 1.23. The summed E-state index contributed by atoms with van der Waals surface area (Å²) in [4.78, 5) is 0. The minimum atomic E-state index is -0.419. The van der Waals surface area contributed by atoms with Gasteiger partial charge in [-0.05, 0) is 12.1 Å². The first kappa shape index (κ1) is 8.38. The first-order chi connectivity index (χ1) is 6.83. The van der Waals surface area contributed by atoms with Gasteiger partial charge in [-0.3, -0.25) is 0 Å². The van der Waals surface area contributed by atoms with Gasteiger partial charge in [-0.25, -0.2) is 4.39 Å². The van der Waals surface area contributed by atoms with Gasteiger partial charge in [0.25, 0.3) is 0 Å². The smallest absolute Gasteiger partial charge is 0.190 e. The van der Waals surface area contributed by atoms with E-state index in [0.717, 1.165) is 0 Å². The molecule has 0 radical (unpaired) electrons. The van der Waals surface area contributed by atoms with Gasteiger partial charge < -0.3 is 0 Å². The topological polar surface area (TPSA) is 65.4 Å². The predicted molar refractivity (Wildman–Crippen MR) is 46.5 cm³/mol. The van der Waals surface area contributed by atoms with E-state index in [4.69, 9.17) is 5.26 Å². The van der Waals surface area contributed by atoms with E-state index >= 15 is 0 Å². The Bertz CT molecular complexity index is 498. The molecular formula is C9H5FN4. The lowest BCUT2D eigenvalue weighted by atomic mass is 10.1. The highest BCUT2D eigenvalue weighted by Crippen LogP contribution is 2.21. The maximum absolute atomic E-state index is 13.3. The van der Waals surface area contributed by atoms with E-state index in [0.29, 0.717) is 0 Å². The summed E-state index contributed by atoms with van der Waals surface area (Å²) in [5, 5.41) is 18.3. The Morgan fingerprint density at radius 3 is 2.79 bits per heavy atom. The summed E-state index contributed by atoms with van der Waals surface area (Å²) in [6.45, 7) is 0. The van der Waals surface area contributed by atoms with Gasteiger partial charge in [0, 0.05) is 5.56 Å². The summed E-state index contributed by atoms with van der Waals surface area (Å²) >= 11 is 0. The van der Waals surface area contributed by atoms with Crippen LogP contribution < -0.4 is 0 Å². The molecule has 0 aliphatic heterocycles. The highest BCUT2D eigenvalue weighted by molar-refractivity contribution is 5.64. The molecule has 1 N–H and O–H groups in total. The van der Waals surface area contributed by atoms with Gasteiger partial charge in [0.2, 0.25) is 0 Å². The molecule has 4 nitrogen and oxygen atoms in total. The van der Waals surface area contributed by atoms with E-state index in [1.165, 1.54) is 6.07 Å². The quantitative estimate of drug-likeness (QED) is 0.737. The van der Waals surface area contributed by atoms with Crippen molar-refractivity contribution in [1.82, 2.24) is 15.4 Å². The van der Waals surface area contributed by atoms with Crippen molar-refractivity contribution < 1.29 is 4.39 Å². The maximum atomic E-state index is 13.3. The van der Waals surface area contributed by atoms with Crippen LogP contribution >= 0.6 is 0 Å². The van der Waals surface area contributed by atoms with Crippen LogP contribution in [-0.4, -0.2) is 15.4 Å². The molecule has 14 heavy (non-hydrogen) atoms. The third-order valence-corrected chi connectivity index (χ3v) is 1.78. The van der Waals surface area contributed by atoms with Crippen LogP contribution in [0.15, 0.2) is 24.3 Å². The number of aromatic amines is 1. The second kappa shape index (κ2) is 3.26. The monoisotopic (exact) mass is 188 g/mol. The van der Waals surface area contributed by atoms with Gasteiger partial charge in [-0.15, -0.1) is 5.10 Å². The minimum absolute atomic E-state index is 0.0927. The zero-order valence-corrected chi connectivity index (χ0v) is 7.03. The molecular weight excluding hydrogens is 183 g/mol. The average molecular weight is 188 g/mol. The van der Waals surface area contributed by atoms with Crippen molar-refractivity contribution in [2.24, 2.45) is 0 Å². The third-order valence-electron chi connectivity index (χ3n) is 1.78. The first-order valence-corrected chi connectivity index (χ1v) is 3.88. The fraction of sp³-hybridized carbons (Fsp3) is 0. The zero-order valence-electron chi connectivity index (χ0n) is 7.03. The minimum Gasteiger partial charge on any atom is -0.206 e. The van der Waals surface area contributed by atoms with Crippen molar-refractivity contribution in [3.8, 4) is 17.3 Å². The Morgan fingerprint density at radius 1 is 1.29 bits per heavy atom. The molecule has 0 aliphatic carbocycles. The van der Waals surface area contributed by atoms with Crippen molar-refractivity contribution in [1.29, 1.82) is 5.26 Å². The van der Waals surface area contributed by atoms with E-state index in [9.17, 15) is 4.39 Å². The van der Waals surface area contributed by atoms with E-state index in [1.54, 1.807) is 18.2 Å². The molecule has 0 unspecified atom stereocenters. The Labute approximate surface area is 79.0 Å². The Hall–Kier alpha value is -2.22. The number of halogens is 1. The average Bonchev–Trinajstić information content (AvgIpc) is 2.66. The van der Waals surface area contributed by atoms with Crippen molar-refractivity contribution in [3.05, 3.63) is 35.8 Å². The second-order valence-corrected chi connectivity index (χ2v) is 2.61. The van der Waals surface area contributed by atoms with Crippen LogP contribution in [0.25, 0.3) is 11.3 Å². The molecule has 1 aromatic carbocycles. The first-order valence-electron chi connectivity index (χ1n) is 3.88. The number of nitrogens with zero attached hydrogens (tertiary/aromatic N) is 3. The summed E-state index contributed by atoms with van der Waals surface area (Å²) < 4.78 is 13.3. The van der Waals surface area contributed by atoms with E-state index in [2.05, 4.69) is 15.4 Å². The van der Waals surface area contributed by atoms with Crippen LogP contribution in [0.4, 0.5) is 4.39 Å². The van der Waals surface area contributed by atoms with Gasteiger partial charge >= 0.3 is 0 Å². The summed E-state index contributed by atoms with van der Waals surface area (Å²) in [7, 11) is 0. The van der Waals surface area contributed by atoms with Crippen molar-refractivity contribution in [3.63, 3.8) is 0 Å². The number of hydrogen-bond donors (Lipinski definition) is 1. The SMILES string of the molecule is N#Cc1n[nH]nc1-c1ccccc1F. The van der Waals surface area contributed by atoms with E-state index in [-0.39, 0.29) is 17.0 Å². The van der Waals surface area contributed by atoms with E-state index < -0.39 is 5.82 Å². The Kier molecular flexibility index (Phi) is 1.95. The molecule has 68 valence electrons. The molecule has 0 atom stereocenters. The lowest BCUT2D eigenvalue weighted by molar-refractivity contribution is 0.630. The molecule has 0 fully saturated rings. The lowest BCUT2D eigenvalue weighted by Crippen LogP contribution is -1.86. The molecule has 1 aromatic heterocycles. The summed E-state index contributed by atoms with van der Waals surface area (Å²) in [5.41, 5.74) is 0.610. The molecule has 0 spiro atoms. The zero-order chi connectivity index (χ0) is 9.97. The largest absolute Gasteiger partial charge is 0.206 e. The normalized spacial score (nSPS) is 9.71. The van der Waals surface area contributed by atoms with Gasteiger partial charge in [0.1, 0.15) is 17.6 Å². The Balaban J connectivity index is 2.62. The number of benzene rings is 1. The predicted octanol–water partition coefficient (Wildman–Crippen LogP) is 1.48. The number of hydrogen-bond acceptors (Lipinski definition) is 3. The van der Waals surface area contributed by atoms with Crippen molar-refractivity contribution >= 4 is 0 Å². The molecule has 0 amide bonds. The number of nitrogens with one attached hydrogen (secondary N) is 1. The van der Waals surface area contributed by atoms with Gasteiger partial charge in [0.05, 0.1) is 0 Å². The van der Waals surface area contributed by atoms with Gasteiger partial charge in [0.15, 0.2) is 5.69 Å². The van der Waals surface area contributed by atoms with Crippen molar-refractivity contribution in [2.75, 3.05) is 0 Å². The molecule has 0 saturated carbocycles. The number of H-pyrrole nitrogens is 1. The molecule has 5 heteroatoms. The van der Waals surface area contributed by atoms with Crippen LogP contribution in [0.5, 0.6) is 0 Å². The molecule has 2 aromatic rings. The maximum Gasteiger partial charge on any atom is 0.190 e. The lowest BCUT2D eigenvalue weighted by Gasteiger charge is -1.96. The van der Waals surface area contributed by atoms with Gasteiger partial charge in [-0.1, -0.05) is 12.1 Å². The molecule has 0 saturated heterocycles. The summed E-state index contributed by atoms with van der Waals surface area (Å²) in [5.74, 6) is -0.419. The van der Waals surface area contributed by atoms with Crippen LogP contribution in [-0.2, 0) is 0 Å². The fourth-order valence-corrected chi connectivity index (χ4v) is 1.15. The summed E-state index contributed by atoms with van der Waals surface area (Å²) in [6.07, 6.45) is 0. The van der Waals surface area contributed by atoms with Gasteiger partial charge in [-0.2, -0.15) is 15.6 Å². The summed E-state index contributed by atoms with van der Waals surface area (Å²) in [6, 6.07) is 7.94. The fourth-order valence-electron chi connectivity index (χ4n) is 1.15. The second-order valence-electron chi connectivity index (χ2n) is 2.61. The molecule has 1 heterocycles. The highest BCUT2D eigenvalue weighted by Gasteiger charge is 2.12. The molecule has 0 aliphatic rings. The number of aromatic nitrogens is 3. The van der Waals surface area contributed by atoms with Crippen LogP contribution in [0.3, 0.4) is 0 Å². The molecule has 2 rings (SSSR count). The van der Waals surface area contributed by atoms with Crippen LogP contribution in [0.1, 0.15) is 5.69 Å². The van der Waals surface area contributed by atoms with Crippen LogP contribution in [0, 0.1) is 17.1 Å². The molecule has 0 bridgehead atoms. The Morgan fingerprint density at radius 2 is 2.07 bits per heavy atom. The van der Waals surface area contributed by atoms with Crippen molar-refractivity contribution in [2.45, 2.75) is 0 Å². The van der Waals surface area contributed by atoms with Crippen LogP contribution in [0.2, 0.25) is 0 Å². The standard InChI is InChI=1S/C9H5FN4/c10-7-4-2-1-3-6(7)9-8(5-11)12-14-13-9/h1-4H,(H,12,13,14). The number of nitriles is 1.